The molecule has 0 amide bonds. The van der Waals surface area contributed by atoms with Gasteiger partial charge in [0.1, 0.15) is 24.4 Å². The summed E-state index contributed by atoms with van der Waals surface area (Å²) in [6.45, 7) is 4.78. The monoisotopic (exact) mass is 320 g/mol. The predicted molar refractivity (Wildman–Crippen MR) is 77.6 cm³/mol. The molecule has 0 aromatic rings. The van der Waals surface area contributed by atoms with Crippen molar-refractivity contribution >= 4 is 29.5 Å². The molecule has 0 saturated heterocycles. The van der Waals surface area contributed by atoms with E-state index in [2.05, 4.69) is 0 Å². The molecule has 0 aliphatic rings. The normalized spacial score (nSPS) is 8.50. The Morgan fingerprint density at radius 1 is 0.682 bits per heavy atom. The van der Waals surface area contributed by atoms with Crippen LogP contribution in [0.25, 0.3) is 0 Å². The van der Waals surface area contributed by atoms with Crippen molar-refractivity contribution in [2.24, 2.45) is 0 Å². The maximum Gasteiger partial charge on any atom is 0.310 e. The van der Waals surface area contributed by atoms with Gasteiger partial charge in [-0.05, 0) is 12.8 Å². The molecule has 0 aromatic heterocycles. The molecular weight excluding hydrogens is 296 g/mol. The minimum Gasteiger partial charge on any atom is -0.481 e. The topological polar surface area (TPSA) is 146 Å². The lowest BCUT2D eigenvalue weighted by Crippen LogP contribution is -2.05. The largest absolute Gasteiger partial charge is 0.481 e. The fourth-order valence-electron chi connectivity index (χ4n) is 1.07. The number of carboxylic acid groups (broad SMARTS) is 3. The molecule has 0 rings (SSSR count). The van der Waals surface area contributed by atoms with Gasteiger partial charge in [-0.15, -0.1) is 0 Å². The SMILES string of the molecule is CC(=O)O.CCCC(=O)CC(=O)O.CCCC(=O)CC(=O)O. The van der Waals surface area contributed by atoms with Crippen LogP contribution in [0.5, 0.6) is 0 Å². The number of carbonyl (C=O) groups excluding carboxylic acids is 2. The van der Waals surface area contributed by atoms with Crippen molar-refractivity contribution in [2.45, 2.75) is 59.3 Å². The second kappa shape index (κ2) is 16.8. The molecule has 22 heavy (non-hydrogen) atoms. The van der Waals surface area contributed by atoms with E-state index in [1.54, 1.807) is 0 Å². The van der Waals surface area contributed by atoms with Gasteiger partial charge in [-0.25, -0.2) is 0 Å². The Kier molecular flexibility index (Phi) is 18.9. The van der Waals surface area contributed by atoms with Crippen molar-refractivity contribution in [3.05, 3.63) is 0 Å². The van der Waals surface area contributed by atoms with Crippen LogP contribution >= 0.6 is 0 Å². The third kappa shape index (κ3) is 36.1. The molecule has 0 unspecified atom stereocenters. The summed E-state index contributed by atoms with van der Waals surface area (Å²) < 4.78 is 0. The van der Waals surface area contributed by atoms with E-state index in [1.807, 2.05) is 13.8 Å². The quantitative estimate of drug-likeness (QED) is 0.573. The van der Waals surface area contributed by atoms with Gasteiger partial charge in [0.25, 0.3) is 5.97 Å². The maximum atomic E-state index is 10.5. The molecule has 128 valence electrons. The zero-order valence-corrected chi connectivity index (χ0v) is 13.1. The first-order valence-corrected chi connectivity index (χ1v) is 6.73. The molecule has 8 heteroatoms. The first kappa shape index (κ1) is 24.7. The molecule has 0 atom stereocenters. The number of carboxylic acids is 3. The van der Waals surface area contributed by atoms with Crippen molar-refractivity contribution < 1.29 is 39.3 Å². The van der Waals surface area contributed by atoms with E-state index in [-0.39, 0.29) is 24.4 Å². The Bertz CT molecular complexity index is 339. The Balaban J connectivity index is -0.000000266. The molecule has 0 saturated carbocycles. The summed E-state index contributed by atoms with van der Waals surface area (Å²) >= 11 is 0. The van der Waals surface area contributed by atoms with Gasteiger partial charge >= 0.3 is 11.9 Å². The first-order valence-electron chi connectivity index (χ1n) is 6.73. The van der Waals surface area contributed by atoms with Gasteiger partial charge in [0.2, 0.25) is 0 Å². The Labute approximate surface area is 129 Å². The number of aliphatic carboxylic acids is 3. The number of Topliss-reactive ketones (excluding diaryl/α,β-unsaturated/α-hetero) is 2. The fourth-order valence-corrected chi connectivity index (χ4v) is 1.07. The Hall–Kier alpha value is -2.25. The third-order valence-corrected chi connectivity index (χ3v) is 1.75. The summed E-state index contributed by atoms with van der Waals surface area (Å²) in [7, 11) is 0. The van der Waals surface area contributed by atoms with Crippen LogP contribution in [0.15, 0.2) is 0 Å². The third-order valence-electron chi connectivity index (χ3n) is 1.75. The van der Waals surface area contributed by atoms with Gasteiger partial charge in [0.15, 0.2) is 0 Å². The molecule has 0 bridgehead atoms. The molecule has 0 radical (unpaired) electrons. The standard InChI is InChI=1S/2C6H10O3.C2H4O2/c2*1-2-3-5(7)4-6(8)9;1-2(3)4/h2*2-4H2,1H3,(H,8,9);1H3,(H,3,4). The molecule has 0 fully saturated rings. The van der Waals surface area contributed by atoms with E-state index >= 15 is 0 Å². The Morgan fingerprint density at radius 3 is 1.05 bits per heavy atom. The van der Waals surface area contributed by atoms with Gasteiger partial charge in [-0.1, -0.05) is 13.8 Å². The summed E-state index contributed by atoms with van der Waals surface area (Å²) in [4.78, 5) is 49.7. The highest BCUT2D eigenvalue weighted by Crippen LogP contribution is 1.93. The van der Waals surface area contributed by atoms with Gasteiger partial charge in [0, 0.05) is 19.8 Å². The van der Waals surface area contributed by atoms with Gasteiger partial charge in [-0.3, -0.25) is 24.0 Å². The van der Waals surface area contributed by atoms with Gasteiger partial charge in [0.05, 0.1) is 0 Å². The van der Waals surface area contributed by atoms with E-state index in [1.165, 1.54) is 0 Å². The minimum atomic E-state index is -1.03. The molecule has 0 heterocycles. The van der Waals surface area contributed by atoms with Crippen LogP contribution in [0, 0.1) is 0 Å². The average molecular weight is 320 g/mol. The highest BCUT2D eigenvalue weighted by atomic mass is 16.4. The molecule has 0 spiro atoms. The second-order valence-corrected chi connectivity index (χ2v) is 4.24. The highest BCUT2D eigenvalue weighted by Gasteiger charge is 2.05. The zero-order valence-electron chi connectivity index (χ0n) is 13.1. The lowest BCUT2D eigenvalue weighted by atomic mass is 10.2. The lowest BCUT2D eigenvalue weighted by Gasteiger charge is -1.90. The van der Waals surface area contributed by atoms with Gasteiger partial charge in [-0.2, -0.15) is 0 Å². The lowest BCUT2D eigenvalue weighted by molar-refractivity contribution is -0.141. The van der Waals surface area contributed by atoms with Crippen LogP contribution in [0.1, 0.15) is 59.3 Å². The number of ketones is 2. The summed E-state index contributed by atoms with van der Waals surface area (Å²) in [5.41, 5.74) is 0. The van der Waals surface area contributed by atoms with Crippen LogP contribution in [-0.2, 0) is 24.0 Å². The fraction of sp³-hybridized carbons (Fsp3) is 0.643. The summed E-state index contributed by atoms with van der Waals surface area (Å²) in [6, 6.07) is 0. The van der Waals surface area contributed by atoms with Crippen LogP contribution in [0.3, 0.4) is 0 Å². The van der Waals surface area contributed by atoms with Crippen molar-refractivity contribution in [1.29, 1.82) is 0 Å². The molecule has 0 aromatic carbocycles. The van der Waals surface area contributed by atoms with E-state index < -0.39 is 17.9 Å². The van der Waals surface area contributed by atoms with Crippen molar-refractivity contribution in [1.82, 2.24) is 0 Å². The Morgan fingerprint density at radius 2 is 0.909 bits per heavy atom. The number of hydrogen-bond donors (Lipinski definition) is 3. The van der Waals surface area contributed by atoms with Crippen molar-refractivity contribution in [3.63, 3.8) is 0 Å². The zero-order chi connectivity index (χ0) is 18.1. The summed E-state index contributed by atoms with van der Waals surface area (Å²) in [5, 5.41) is 23.6. The van der Waals surface area contributed by atoms with E-state index in [0.29, 0.717) is 12.8 Å². The molecule has 3 N–H and O–H groups in total. The smallest absolute Gasteiger partial charge is 0.310 e. The summed E-state index contributed by atoms with van der Waals surface area (Å²) in [6.07, 6.45) is 1.57. The van der Waals surface area contributed by atoms with Crippen LogP contribution in [0.2, 0.25) is 0 Å². The average Bonchev–Trinajstić information content (AvgIpc) is 2.26. The number of hydrogen-bond acceptors (Lipinski definition) is 5. The second-order valence-electron chi connectivity index (χ2n) is 4.24. The molecule has 8 nitrogen and oxygen atoms in total. The van der Waals surface area contributed by atoms with Gasteiger partial charge < -0.3 is 15.3 Å². The maximum absolute atomic E-state index is 10.5. The predicted octanol–water partition coefficient (Wildman–Crippen LogP) is 1.75. The van der Waals surface area contributed by atoms with Crippen LogP contribution < -0.4 is 0 Å². The van der Waals surface area contributed by atoms with Crippen molar-refractivity contribution in [3.8, 4) is 0 Å². The number of carbonyl (C=O) groups is 5. The van der Waals surface area contributed by atoms with E-state index in [9.17, 15) is 19.2 Å². The van der Waals surface area contributed by atoms with Crippen LogP contribution in [0.4, 0.5) is 0 Å². The number of rotatable bonds is 8. The van der Waals surface area contributed by atoms with Crippen LogP contribution in [-0.4, -0.2) is 44.8 Å². The molecular formula is C14H24O8. The van der Waals surface area contributed by atoms with Crippen molar-refractivity contribution in [2.75, 3.05) is 0 Å². The first-order chi connectivity index (χ1) is 10.1. The molecule has 0 aliphatic carbocycles. The summed E-state index contributed by atoms with van der Waals surface area (Å²) in [5.74, 6) is -3.28. The van der Waals surface area contributed by atoms with E-state index in [4.69, 9.17) is 20.1 Å². The van der Waals surface area contributed by atoms with E-state index in [0.717, 1.165) is 19.8 Å². The molecule has 0 aliphatic heterocycles. The minimum absolute atomic E-state index is 0.190. The highest BCUT2D eigenvalue weighted by molar-refractivity contribution is 5.95.